The van der Waals surface area contributed by atoms with Gasteiger partial charge in [0, 0.05) is 47.8 Å². The normalized spacial score (nSPS) is 11.7. The van der Waals surface area contributed by atoms with Crippen molar-refractivity contribution in [2.45, 2.75) is 0 Å². The van der Waals surface area contributed by atoms with Crippen LogP contribution >= 0.6 is 11.3 Å². The van der Waals surface area contributed by atoms with Gasteiger partial charge in [0.25, 0.3) is 0 Å². The summed E-state index contributed by atoms with van der Waals surface area (Å²) in [6.07, 6.45) is 0. The maximum Gasteiger partial charge on any atom is 0.160 e. The average molecular weight is 768 g/mol. The van der Waals surface area contributed by atoms with E-state index in [-0.39, 0.29) is 0 Å². The van der Waals surface area contributed by atoms with Gasteiger partial charge in [-0.1, -0.05) is 176 Å². The number of benzene rings is 9. The molecule has 0 N–H and O–H groups in total. The molecule has 59 heavy (non-hydrogen) atoms. The molecule has 0 saturated carbocycles. The largest absolute Gasteiger partial charge is 0.247 e. The summed E-state index contributed by atoms with van der Waals surface area (Å²) < 4.78 is 2.50. The second-order valence-electron chi connectivity index (χ2n) is 15.1. The van der Waals surface area contributed by atoms with Gasteiger partial charge in [-0.2, -0.15) is 0 Å². The molecular weight excluding hydrogens is 735 g/mol. The molecule has 0 radical (unpaired) electrons. The fraction of sp³-hybridized carbons (Fsp3) is 0. The summed E-state index contributed by atoms with van der Waals surface area (Å²) >= 11 is 1.84. The molecule has 4 heteroatoms. The molecule has 0 saturated heterocycles. The Morgan fingerprint density at radius 2 is 0.797 bits per heavy atom. The highest BCUT2D eigenvalue weighted by Crippen LogP contribution is 2.45. The van der Waals surface area contributed by atoms with E-state index in [0.29, 0.717) is 5.82 Å². The van der Waals surface area contributed by atoms with Crippen LogP contribution in [0, 0.1) is 0 Å². The Balaban J connectivity index is 1.07. The maximum absolute atomic E-state index is 5.59. The zero-order chi connectivity index (χ0) is 38.9. The van der Waals surface area contributed by atoms with E-state index in [1.807, 2.05) is 35.6 Å². The summed E-state index contributed by atoms with van der Waals surface area (Å²) in [5.74, 6) is 0.690. The van der Waals surface area contributed by atoms with E-state index in [1.165, 1.54) is 63.6 Å². The van der Waals surface area contributed by atoms with Crippen LogP contribution in [-0.4, -0.2) is 15.0 Å². The Kier molecular flexibility index (Phi) is 7.72. The molecule has 0 amide bonds. The monoisotopic (exact) mass is 767 g/mol. The minimum atomic E-state index is 0.690. The fourth-order valence-electron chi connectivity index (χ4n) is 8.81. The predicted octanol–water partition coefficient (Wildman–Crippen LogP) is 15.2. The van der Waals surface area contributed by atoms with Crippen LogP contribution < -0.4 is 0 Å². The number of pyridine rings is 1. The molecule has 12 aromatic rings. The van der Waals surface area contributed by atoms with Crippen molar-refractivity contribution in [2.75, 3.05) is 0 Å². The van der Waals surface area contributed by atoms with Gasteiger partial charge in [-0.15, -0.1) is 11.3 Å². The lowest BCUT2D eigenvalue weighted by Gasteiger charge is -2.13. The van der Waals surface area contributed by atoms with E-state index in [0.717, 1.165) is 50.2 Å². The van der Waals surface area contributed by atoms with Gasteiger partial charge in [-0.05, 0) is 67.7 Å². The molecule has 0 aliphatic heterocycles. The third-order valence-corrected chi connectivity index (χ3v) is 12.9. The lowest BCUT2D eigenvalue weighted by atomic mass is 9.92. The number of hydrogen-bond acceptors (Lipinski definition) is 4. The maximum atomic E-state index is 5.59. The van der Waals surface area contributed by atoms with Gasteiger partial charge in [0.1, 0.15) is 0 Å². The molecule has 9 aromatic carbocycles. The number of rotatable bonds is 5. The van der Waals surface area contributed by atoms with Gasteiger partial charge in [0.05, 0.1) is 22.6 Å². The van der Waals surface area contributed by atoms with Crippen molar-refractivity contribution in [2.24, 2.45) is 0 Å². The van der Waals surface area contributed by atoms with Crippen molar-refractivity contribution in [1.82, 2.24) is 15.0 Å². The van der Waals surface area contributed by atoms with Crippen LogP contribution in [0.5, 0.6) is 0 Å². The first kappa shape index (κ1) is 33.6. The summed E-state index contributed by atoms with van der Waals surface area (Å²) in [5, 5.41) is 11.1. The second kappa shape index (κ2) is 13.6. The predicted molar refractivity (Wildman–Crippen MR) is 250 cm³/mol. The average Bonchev–Trinajstić information content (AvgIpc) is 3.72. The summed E-state index contributed by atoms with van der Waals surface area (Å²) in [6, 6.07) is 71.3. The zero-order valence-corrected chi connectivity index (χ0v) is 32.6. The highest BCUT2D eigenvalue weighted by molar-refractivity contribution is 7.26. The topological polar surface area (TPSA) is 38.7 Å². The van der Waals surface area contributed by atoms with Crippen LogP contribution in [0.4, 0.5) is 0 Å². The Hall–Kier alpha value is -7.53. The second-order valence-corrected chi connectivity index (χ2v) is 16.2. The molecule has 3 heterocycles. The van der Waals surface area contributed by atoms with E-state index in [9.17, 15) is 0 Å². The molecule has 0 bridgehead atoms. The van der Waals surface area contributed by atoms with Crippen molar-refractivity contribution in [1.29, 1.82) is 0 Å². The summed E-state index contributed by atoms with van der Waals surface area (Å²) in [5.41, 5.74) is 10.1. The van der Waals surface area contributed by atoms with Crippen LogP contribution in [0.3, 0.4) is 0 Å². The first-order valence-corrected chi connectivity index (χ1v) is 20.7. The van der Waals surface area contributed by atoms with Gasteiger partial charge in [0.2, 0.25) is 0 Å². The van der Waals surface area contributed by atoms with Gasteiger partial charge in [0.15, 0.2) is 5.82 Å². The molecular formula is C55H33N3S. The van der Waals surface area contributed by atoms with E-state index in [2.05, 4.69) is 176 Å². The van der Waals surface area contributed by atoms with Crippen LogP contribution in [-0.2, 0) is 0 Å². The number of nitrogens with zero attached hydrogens (tertiary/aromatic N) is 3. The number of thiophene rings is 1. The molecule has 0 atom stereocenters. The van der Waals surface area contributed by atoms with Crippen LogP contribution in [0.2, 0.25) is 0 Å². The van der Waals surface area contributed by atoms with E-state index in [1.54, 1.807) is 0 Å². The highest BCUT2D eigenvalue weighted by atomic mass is 32.1. The third-order valence-electron chi connectivity index (χ3n) is 11.7. The zero-order valence-electron chi connectivity index (χ0n) is 31.8. The fourth-order valence-corrected chi connectivity index (χ4v) is 10.0. The van der Waals surface area contributed by atoms with Crippen molar-refractivity contribution in [3.05, 3.63) is 200 Å². The van der Waals surface area contributed by atoms with Gasteiger partial charge in [-0.25, -0.2) is 15.0 Å². The van der Waals surface area contributed by atoms with Crippen LogP contribution in [0.1, 0.15) is 0 Å². The van der Waals surface area contributed by atoms with Crippen molar-refractivity contribution in [3.63, 3.8) is 0 Å². The summed E-state index contributed by atoms with van der Waals surface area (Å²) in [4.78, 5) is 15.9. The molecule has 12 rings (SSSR count). The van der Waals surface area contributed by atoms with E-state index < -0.39 is 0 Å². The Bertz CT molecular complexity index is 3560. The van der Waals surface area contributed by atoms with E-state index >= 15 is 0 Å². The van der Waals surface area contributed by atoms with Crippen molar-refractivity contribution >= 4 is 74.7 Å². The number of hydrogen-bond donors (Lipinski definition) is 0. The number of fused-ring (bicyclic) bond motifs is 11. The Morgan fingerprint density at radius 3 is 1.49 bits per heavy atom. The van der Waals surface area contributed by atoms with E-state index in [4.69, 9.17) is 15.0 Å². The Morgan fingerprint density at radius 1 is 0.305 bits per heavy atom. The standard InChI is InChI=1S/C55H33N3S/c1-3-13-34(14-4-1)35-23-25-36(26-24-35)48-33-49(58-55(57-48)37-15-5-2-6-16-37)38-27-30-45-50(32-38)56-53(52-46-21-11-12-22-51(46)59-54(45)52)39-28-29-44-42-19-8-7-17-40(42)41-18-9-10-20-43(41)47(44)31-39/h1-33H. The summed E-state index contributed by atoms with van der Waals surface area (Å²) in [7, 11) is 0. The Labute approximate surface area is 344 Å². The molecule has 3 nitrogen and oxygen atoms in total. The molecule has 0 unspecified atom stereocenters. The van der Waals surface area contributed by atoms with Crippen LogP contribution in [0.15, 0.2) is 200 Å². The quantitative estimate of drug-likeness (QED) is 0.164. The highest BCUT2D eigenvalue weighted by Gasteiger charge is 2.19. The molecule has 0 aliphatic rings. The first-order chi connectivity index (χ1) is 29.2. The SMILES string of the molecule is c1ccc(-c2ccc(-c3cc(-c4ccc5c(c4)nc(-c4ccc6c7ccccc7c7ccccc7c6c4)c4c6ccccc6sc54)nc(-c4ccccc4)n3)cc2)cc1. The summed E-state index contributed by atoms with van der Waals surface area (Å²) in [6.45, 7) is 0. The van der Waals surface area contributed by atoms with Gasteiger partial charge in [-0.3, -0.25) is 0 Å². The third kappa shape index (κ3) is 5.60. The van der Waals surface area contributed by atoms with Crippen molar-refractivity contribution in [3.8, 4) is 56.3 Å². The molecule has 0 spiro atoms. The first-order valence-electron chi connectivity index (χ1n) is 19.9. The lowest BCUT2D eigenvalue weighted by molar-refractivity contribution is 1.18. The molecule has 0 fully saturated rings. The van der Waals surface area contributed by atoms with Gasteiger partial charge >= 0.3 is 0 Å². The van der Waals surface area contributed by atoms with Gasteiger partial charge < -0.3 is 0 Å². The van der Waals surface area contributed by atoms with Crippen molar-refractivity contribution < 1.29 is 0 Å². The lowest BCUT2D eigenvalue weighted by Crippen LogP contribution is -1.96. The molecule has 0 aliphatic carbocycles. The minimum absolute atomic E-state index is 0.690. The molecule has 3 aromatic heterocycles. The molecule has 274 valence electrons. The number of aromatic nitrogens is 3. The minimum Gasteiger partial charge on any atom is -0.247 e. The van der Waals surface area contributed by atoms with Crippen LogP contribution in [0.25, 0.3) is 120 Å². The smallest absolute Gasteiger partial charge is 0.160 e.